The maximum atomic E-state index is 13.0. The molecule has 2 amide bonds. The average Bonchev–Trinajstić information content (AvgIpc) is 3.12. The third-order valence-corrected chi connectivity index (χ3v) is 6.09. The summed E-state index contributed by atoms with van der Waals surface area (Å²) >= 11 is 3.36. The fraction of sp³-hybridized carbons (Fsp3) is 0.240. The van der Waals surface area contributed by atoms with Crippen LogP contribution < -0.4 is 10.7 Å². The van der Waals surface area contributed by atoms with Crippen molar-refractivity contribution in [2.45, 2.75) is 40.0 Å². The summed E-state index contributed by atoms with van der Waals surface area (Å²) in [5.41, 5.74) is 8.32. The molecule has 3 aromatic rings. The summed E-state index contributed by atoms with van der Waals surface area (Å²) in [6, 6.07) is 12.9. The van der Waals surface area contributed by atoms with Gasteiger partial charge in [0.25, 0.3) is 11.8 Å². The molecule has 0 aliphatic heterocycles. The lowest BCUT2D eigenvalue weighted by Crippen LogP contribution is -2.22. The fourth-order valence-electron chi connectivity index (χ4n) is 3.91. The molecule has 1 aromatic heterocycles. The number of fused-ring (bicyclic) bond motifs is 1. The second kappa shape index (κ2) is 9.12. The third-order valence-electron chi connectivity index (χ3n) is 5.56. The zero-order valence-corrected chi connectivity index (χ0v) is 19.8. The van der Waals surface area contributed by atoms with Crippen LogP contribution in [0.4, 0.5) is 5.69 Å². The number of halogens is 1. The van der Waals surface area contributed by atoms with Crippen molar-refractivity contribution in [3.63, 3.8) is 0 Å². The Labute approximate surface area is 195 Å². The quantitative estimate of drug-likeness (QED) is 0.457. The Bertz CT molecular complexity index is 1230. The van der Waals surface area contributed by atoms with Gasteiger partial charge in [0.1, 0.15) is 5.76 Å². The molecule has 2 N–H and O–H groups in total. The largest absolute Gasteiger partial charge is 0.455 e. The van der Waals surface area contributed by atoms with E-state index in [-0.39, 0.29) is 17.6 Å². The van der Waals surface area contributed by atoms with Gasteiger partial charge in [-0.3, -0.25) is 9.59 Å². The van der Waals surface area contributed by atoms with E-state index in [1.165, 1.54) is 0 Å². The molecule has 0 bridgehead atoms. The van der Waals surface area contributed by atoms with Gasteiger partial charge >= 0.3 is 0 Å². The van der Waals surface area contributed by atoms with Gasteiger partial charge in [0.05, 0.1) is 5.71 Å². The van der Waals surface area contributed by atoms with Crippen LogP contribution in [0.25, 0.3) is 0 Å². The number of amides is 2. The Morgan fingerprint density at radius 2 is 1.75 bits per heavy atom. The van der Waals surface area contributed by atoms with Gasteiger partial charge in [-0.15, -0.1) is 0 Å². The second-order valence-corrected chi connectivity index (χ2v) is 8.90. The van der Waals surface area contributed by atoms with Crippen molar-refractivity contribution in [2.24, 2.45) is 5.10 Å². The van der Waals surface area contributed by atoms with Crippen molar-refractivity contribution in [1.29, 1.82) is 0 Å². The number of rotatable bonds is 4. The highest BCUT2D eigenvalue weighted by molar-refractivity contribution is 9.10. The summed E-state index contributed by atoms with van der Waals surface area (Å²) in [5.74, 6) is 0.438. The SMILES string of the molecule is Cc1ccc(NC(=O)c2oc3c(c2C)/C(=N/NC(=O)c2ccc(Br)cc2)CCC3)c(C)c1. The van der Waals surface area contributed by atoms with Crippen molar-refractivity contribution in [1.82, 2.24) is 5.43 Å². The van der Waals surface area contributed by atoms with Crippen LogP contribution in [0.2, 0.25) is 0 Å². The topological polar surface area (TPSA) is 83.7 Å². The van der Waals surface area contributed by atoms with E-state index in [2.05, 4.69) is 31.8 Å². The molecule has 7 heteroatoms. The Hall–Kier alpha value is -3.19. The number of benzene rings is 2. The van der Waals surface area contributed by atoms with E-state index in [1.54, 1.807) is 12.1 Å². The summed E-state index contributed by atoms with van der Waals surface area (Å²) < 4.78 is 6.86. The van der Waals surface area contributed by atoms with Crippen LogP contribution in [0, 0.1) is 20.8 Å². The molecule has 32 heavy (non-hydrogen) atoms. The first-order chi connectivity index (χ1) is 15.3. The smallest absolute Gasteiger partial charge is 0.291 e. The normalized spacial score (nSPS) is 14.2. The lowest BCUT2D eigenvalue weighted by atomic mass is 9.93. The number of furan rings is 1. The Kier molecular flexibility index (Phi) is 6.28. The first kappa shape index (κ1) is 22.0. The van der Waals surface area contributed by atoms with Crippen molar-refractivity contribution < 1.29 is 14.0 Å². The van der Waals surface area contributed by atoms with E-state index in [1.807, 2.05) is 51.1 Å². The van der Waals surface area contributed by atoms with E-state index in [9.17, 15) is 9.59 Å². The van der Waals surface area contributed by atoms with Crippen molar-refractivity contribution in [2.75, 3.05) is 5.32 Å². The monoisotopic (exact) mass is 493 g/mol. The number of carbonyl (C=O) groups excluding carboxylic acids is 2. The van der Waals surface area contributed by atoms with Crippen LogP contribution in [-0.4, -0.2) is 17.5 Å². The number of hydrazone groups is 1. The molecule has 0 spiro atoms. The zero-order chi connectivity index (χ0) is 22.8. The van der Waals surface area contributed by atoms with E-state index in [0.717, 1.165) is 56.7 Å². The number of carbonyl (C=O) groups is 2. The van der Waals surface area contributed by atoms with E-state index < -0.39 is 0 Å². The highest BCUT2D eigenvalue weighted by atomic mass is 79.9. The lowest BCUT2D eigenvalue weighted by molar-refractivity contribution is 0.0953. The van der Waals surface area contributed by atoms with E-state index >= 15 is 0 Å². The van der Waals surface area contributed by atoms with Crippen LogP contribution >= 0.6 is 15.9 Å². The van der Waals surface area contributed by atoms with Gasteiger partial charge < -0.3 is 9.73 Å². The number of hydrogen-bond donors (Lipinski definition) is 2. The molecule has 0 saturated heterocycles. The van der Waals surface area contributed by atoms with Gasteiger partial charge in [0.15, 0.2) is 5.76 Å². The molecule has 0 saturated carbocycles. The highest BCUT2D eigenvalue weighted by Gasteiger charge is 2.28. The van der Waals surface area contributed by atoms with E-state index in [0.29, 0.717) is 12.0 Å². The number of hydrogen-bond acceptors (Lipinski definition) is 4. The standard InChI is InChI=1S/C25H24BrN3O3/c1-14-7-12-19(15(2)13-14)27-25(31)23-16(3)22-20(5-4-6-21(22)32-23)28-29-24(30)17-8-10-18(26)11-9-17/h7-13H,4-6H2,1-3H3,(H,27,31)(H,29,30)/b28-20+. The average molecular weight is 494 g/mol. The predicted molar refractivity (Wildman–Crippen MR) is 128 cm³/mol. The highest BCUT2D eigenvalue weighted by Crippen LogP contribution is 2.30. The van der Waals surface area contributed by atoms with Gasteiger partial charge in [-0.25, -0.2) is 5.43 Å². The number of nitrogens with one attached hydrogen (secondary N) is 2. The summed E-state index contributed by atoms with van der Waals surface area (Å²) in [6.45, 7) is 5.83. The molecule has 0 unspecified atom stereocenters. The van der Waals surface area contributed by atoms with Crippen LogP contribution in [0.5, 0.6) is 0 Å². The summed E-state index contributed by atoms with van der Waals surface area (Å²) in [4.78, 5) is 25.4. The van der Waals surface area contributed by atoms with Gasteiger partial charge in [0, 0.05) is 33.3 Å². The molecule has 4 rings (SSSR count). The molecule has 1 aliphatic rings. The zero-order valence-electron chi connectivity index (χ0n) is 18.2. The van der Waals surface area contributed by atoms with E-state index in [4.69, 9.17) is 4.42 Å². The molecule has 0 radical (unpaired) electrons. The Morgan fingerprint density at radius 3 is 2.47 bits per heavy atom. The molecule has 1 heterocycles. The maximum Gasteiger partial charge on any atom is 0.291 e. The fourth-order valence-corrected chi connectivity index (χ4v) is 4.18. The first-order valence-corrected chi connectivity index (χ1v) is 11.3. The van der Waals surface area contributed by atoms with Crippen LogP contribution in [0.3, 0.4) is 0 Å². The molecule has 6 nitrogen and oxygen atoms in total. The molecule has 164 valence electrons. The first-order valence-electron chi connectivity index (χ1n) is 10.5. The lowest BCUT2D eigenvalue weighted by Gasteiger charge is -2.13. The van der Waals surface area contributed by atoms with Crippen LogP contribution in [0.15, 0.2) is 56.5 Å². The molecule has 2 aromatic carbocycles. The Balaban J connectivity index is 1.57. The molecular weight excluding hydrogens is 470 g/mol. The number of anilines is 1. The van der Waals surface area contributed by atoms with Gasteiger partial charge in [-0.2, -0.15) is 5.10 Å². The molecule has 0 fully saturated rings. The minimum atomic E-state index is -0.290. The van der Waals surface area contributed by atoms with Gasteiger partial charge in [-0.1, -0.05) is 33.6 Å². The minimum absolute atomic E-state index is 0.281. The Morgan fingerprint density at radius 1 is 1.00 bits per heavy atom. The van der Waals surface area contributed by atoms with Gasteiger partial charge in [-0.05, 0) is 69.5 Å². The number of aryl methyl sites for hydroxylation is 3. The third kappa shape index (κ3) is 4.53. The van der Waals surface area contributed by atoms with Crippen LogP contribution in [0.1, 0.15) is 61.8 Å². The molecular formula is C25H24BrN3O3. The summed E-state index contributed by atoms with van der Waals surface area (Å²) in [5, 5.41) is 7.33. The summed E-state index contributed by atoms with van der Waals surface area (Å²) in [7, 11) is 0. The van der Waals surface area contributed by atoms with Crippen molar-refractivity contribution >= 4 is 39.1 Å². The minimum Gasteiger partial charge on any atom is -0.455 e. The number of nitrogens with zero attached hydrogens (tertiary/aromatic N) is 1. The molecule has 1 aliphatic carbocycles. The maximum absolute atomic E-state index is 13.0. The second-order valence-electron chi connectivity index (χ2n) is 7.99. The van der Waals surface area contributed by atoms with Crippen molar-refractivity contribution in [3.05, 3.63) is 86.3 Å². The van der Waals surface area contributed by atoms with Gasteiger partial charge in [0.2, 0.25) is 0 Å². The predicted octanol–water partition coefficient (Wildman–Crippen LogP) is 5.69. The van der Waals surface area contributed by atoms with Crippen molar-refractivity contribution in [3.8, 4) is 0 Å². The molecule has 0 atom stereocenters. The summed E-state index contributed by atoms with van der Waals surface area (Å²) in [6.07, 6.45) is 2.27. The van der Waals surface area contributed by atoms with Crippen LogP contribution in [-0.2, 0) is 6.42 Å².